The Morgan fingerprint density at radius 2 is 1.97 bits per heavy atom. The second-order valence-corrected chi connectivity index (χ2v) is 9.56. The van der Waals surface area contributed by atoms with Crippen LogP contribution >= 0.6 is 0 Å². The van der Waals surface area contributed by atoms with Crippen LogP contribution in [-0.2, 0) is 13.1 Å². The van der Waals surface area contributed by atoms with Crippen LogP contribution in [0.5, 0.6) is 11.5 Å². The maximum atomic E-state index is 11.2. The molecule has 1 unspecified atom stereocenters. The van der Waals surface area contributed by atoms with Crippen molar-refractivity contribution >= 4 is 0 Å². The maximum absolute atomic E-state index is 11.2. The number of aryl methyl sites for hydroxylation is 3. The molecule has 2 aromatic carbocycles. The molecule has 6 heteroatoms. The van der Waals surface area contributed by atoms with Crippen LogP contribution in [0, 0.1) is 13.8 Å². The van der Waals surface area contributed by atoms with E-state index in [0.29, 0.717) is 19.6 Å². The zero-order valence-electron chi connectivity index (χ0n) is 20.4. The van der Waals surface area contributed by atoms with Gasteiger partial charge in [0.1, 0.15) is 18.1 Å². The van der Waals surface area contributed by atoms with E-state index in [1.807, 2.05) is 24.7 Å². The summed E-state index contributed by atoms with van der Waals surface area (Å²) in [5, 5.41) is 11.2. The van der Waals surface area contributed by atoms with Crippen molar-refractivity contribution in [2.24, 2.45) is 0 Å². The highest BCUT2D eigenvalue weighted by Gasteiger charge is 2.31. The van der Waals surface area contributed by atoms with E-state index in [1.54, 1.807) is 6.20 Å². The highest BCUT2D eigenvalue weighted by atomic mass is 16.5. The first kappa shape index (κ1) is 24.3. The van der Waals surface area contributed by atoms with Crippen LogP contribution in [0.3, 0.4) is 0 Å². The van der Waals surface area contributed by atoms with Crippen molar-refractivity contribution in [2.75, 3.05) is 26.3 Å². The highest BCUT2D eigenvalue weighted by molar-refractivity contribution is 5.35. The molecule has 0 amide bonds. The third-order valence-corrected chi connectivity index (χ3v) is 6.53. The van der Waals surface area contributed by atoms with Gasteiger partial charge >= 0.3 is 0 Å². The monoisotopic (exact) mass is 463 g/mol. The zero-order valence-corrected chi connectivity index (χ0v) is 20.4. The minimum absolute atomic E-state index is 0.340. The van der Waals surface area contributed by atoms with Crippen LogP contribution in [0.15, 0.2) is 61.2 Å². The average molecular weight is 464 g/mol. The summed E-state index contributed by atoms with van der Waals surface area (Å²) in [5.74, 6) is 1.78. The van der Waals surface area contributed by atoms with Gasteiger partial charge in [0.25, 0.3) is 0 Å². The second kappa shape index (κ2) is 11.5. The van der Waals surface area contributed by atoms with Gasteiger partial charge in [-0.05, 0) is 75.4 Å². The Labute approximate surface area is 203 Å². The lowest BCUT2D eigenvalue weighted by Crippen LogP contribution is -2.37. The number of hydrogen-bond donors (Lipinski definition) is 1. The smallest absolute Gasteiger partial charge is 0.122 e. The van der Waals surface area contributed by atoms with Gasteiger partial charge in [-0.1, -0.05) is 29.8 Å². The van der Waals surface area contributed by atoms with Gasteiger partial charge in [-0.3, -0.25) is 4.90 Å². The van der Waals surface area contributed by atoms with E-state index in [0.717, 1.165) is 62.5 Å². The number of imidazole rings is 1. The molecule has 1 atom stereocenters. The molecule has 182 valence electrons. The molecule has 1 saturated heterocycles. The number of likely N-dealkylation sites (tertiary alicyclic amines) is 1. The summed E-state index contributed by atoms with van der Waals surface area (Å²) in [6, 6.07) is 14.5. The van der Waals surface area contributed by atoms with Crippen LogP contribution in [0.2, 0.25) is 0 Å². The topological polar surface area (TPSA) is 59.8 Å². The third-order valence-electron chi connectivity index (χ3n) is 6.53. The molecule has 1 aromatic heterocycles. The number of nitrogens with zero attached hydrogens (tertiary/aromatic N) is 3. The molecule has 2 heterocycles. The second-order valence-electron chi connectivity index (χ2n) is 9.56. The number of ether oxygens (including phenoxy) is 2. The van der Waals surface area contributed by atoms with Crippen LogP contribution in [-0.4, -0.2) is 51.5 Å². The lowest BCUT2D eigenvalue weighted by atomic mass is 9.96. The molecular weight excluding hydrogens is 426 g/mol. The summed E-state index contributed by atoms with van der Waals surface area (Å²) in [6.07, 6.45) is 8.96. The Bertz CT molecular complexity index is 1040. The van der Waals surface area contributed by atoms with Gasteiger partial charge in [0.2, 0.25) is 0 Å². The van der Waals surface area contributed by atoms with E-state index >= 15 is 0 Å². The van der Waals surface area contributed by atoms with E-state index in [1.165, 1.54) is 11.1 Å². The Balaban J connectivity index is 1.24. The number of rotatable bonds is 10. The maximum Gasteiger partial charge on any atom is 0.122 e. The van der Waals surface area contributed by atoms with Crippen LogP contribution in [0.25, 0.3) is 0 Å². The number of hydrogen-bond acceptors (Lipinski definition) is 5. The van der Waals surface area contributed by atoms with E-state index in [4.69, 9.17) is 9.47 Å². The first-order chi connectivity index (χ1) is 16.5. The lowest BCUT2D eigenvalue weighted by molar-refractivity contribution is -0.0170. The fourth-order valence-electron chi connectivity index (χ4n) is 4.56. The number of aliphatic hydroxyl groups is 1. The summed E-state index contributed by atoms with van der Waals surface area (Å²) in [4.78, 5) is 6.49. The Morgan fingerprint density at radius 3 is 2.79 bits per heavy atom. The summed E-state index contributed by atoms with van der Waals surface area (Å²) < 4.78 is 14.1. The largest absolute Gasteiger partial charge is 0.494 e. The minimum atomic E-state index is -0.785. The fraction of sp³-hybridized carbons (Fsp3) is 0.464. The molecule has 0 radical (unpaired) electrons. The molecule has 0 bridgehead atoms. The normalized spacial score (nSPS) is 19.0. The molecule has 34 heavy (non-hydrogen) atoms. The molecule has 1 N–H and O–H groups in total. The molecule has 6 nitrogen and oxygen atoms in total. The molecule has 0 spiro atoms. The summed E-state index contributed by atoms with van der Waals surface area (Å²) >= 11 is 0. The Kier molecular flexibility index (Phi) is 8.25. The summed E-state index contributed by atoms with van der Waals surface area (Å²) in [7, 11) is 0. The number of benzene rings is 2. The van der Waals surface area contributed by atoms with Crippen molar-refractivity contribution in [3.63, 3.8) is 0 Å². The standard InChI is InChI=1S/C28H37N3O3/c1-23-8-9-27(24(2)18-23)34-21-28(32)10-4-13-30(15-11-28)20-25-6-3-7-26(19-25)33-17-5-14-31-16-12-29-22-31/h3,6-9,12,16,18-19,22,32H,4-5,10-11,13-15,17,20-21H2,1-2H3. The van der Waals surface area contributed by atoms with Crippen molar-refractivity contribution in [1.82, 2.24) is 14.5 Å². The number of aromatic nitrogens is 2. The van der Waals surface area contributed by atoms with Crippen molar-refractivity contribution in [1.29, 1.82) is 0 Å². The highest BCUT2D eigenvalue weighted by Crippen LogP contribution is 2.27. The van der Waals surface area contributed by atoms with Crippen molar-refractivity contribution < 1.29 is 14.6 Å². The van der Waals surface area contributed by atoms with Crippen molar-refractivity contribution in [2.45, 2.75) is 58.2 Å². The van der Waals surface area contributed by atoms with Gasteiger partial charge in [-0.15, -0.1) is 0 Å². The molecule has 3 aromatic rings. The van der Waals surface area contributed by atoms with E-state index in [9.17, 15) is 5.11 Å². The average Bonchev–Trinajstić information content (AvgIpc) is 3.27. The Hall–Kier alpha value is -2.83. The van der Waals surface area contributed by atoms with Gasteiger partial charge in [0.05, 0.1) is 18.5 Å². The van der Waals surface area contributed by atoms with E-state index < -0.39 is 5.60 Å². The van der Waals surface area contributed by atoms with Gasteiger partial charge in [0.15, 0.2) is 0 Å². The van der Waals surface area contributed by atoms with Gasteiger partial charge < -0.3 is 19.1 Å². The quantitative estimate of drug-likeness (QED) is 0.439. The third kappa shape index (κ3) is 7.08. The van der Waals surface area contributed by atoms with Crippen LogP contribution in [0.4, 0.5) is 0 Å². The molecular formula is C28H37N3O3. The lowest BCUT2D eigenvalue weighted by Gasteiger charge is -2.27. The van der Waals surface area contributed by atoms with Gasteiger partial charge in [0, 0.05) is 32.0 Å². The fourth-order valence-corrected chi connectivity index (χ4v) is 4.56. The summed E-state index contributed by atoms with van der Waals surface area (Å²) in [5.41, 5.74) is 2.79. The van der Waals surface area contributed by atoms with Crippen molar-refractivity contribution in [3.05, 3.63) is 77.9 Å². The zero-order chi connectivity index (χ0) is 23.8. The molecule has 1 fully saturated rings. The van der Waals surface area contributed by atoms with E-state index in [-0.39, 0.29) is 0 Å². The predicted octanol–water partition coefficient (Wildman–Crippen LogP) is 4.77. The molecule has 1 aliphatic heterocycles. The minimum Gasteiger partial charge on any atom is -0.494 e. The molecule has 0 aliphatic carbocycles. The Morgan fingerprint density at radius 1 is 1.06 bits per heavy atom. The SMILES string of the molecule is Cc1ccc(OCC2(O)CCCN(Cc3cccc(OCCCn4ccnc4)c3)CC2)c(C)c1. The molecule has 0 saturated carbocycles. The molecule has 4 rings (SSSR count). The van der Waals surface area contributed by atoms with Gasteiger partial charge in [-0.2, -0.15) is 0 Å². The summed E-state index contributed by atoms with van der Waals surface area (Å²) in [6.45, 7) is 8.74. The first-order valence-corrected chi connectivity index (χ1v) is 12.3. The van der Waals surface area contributed by atoms with Crippen LogP contribution < -0.4 is 9.47 Å². The molecule has 1 aliphatic rings. The van der Waals surface area contributed by atoms with E-state index in [2.05, 4.69) is 58.6 Å². The van der Waals surface area contributed by atoms with Crippen LogP contribution in [0.1, 0.15) is 42.4 Å². The van der Waals surface area contributed by atoms with Gasteiger partial charge in [-0.25, -0.2) is 4.98 Å². The van der Waals surface area contributed by atoms with Crippen molar-refractivity contribution in [3.8, 4) is 11.5 Å². The predicted molar refractivity (Wildman–Crippen MR) is 134 cm³/mol. The first-order valence-electron chi connectivity index (χ1n) is 12.3.